The monoisotopic (exact) mass is 634 g/mol. The van der Waals surface area contributed by atoms with Gasteiger partial charge in [-0.05, 0) is 72.7 Å². The highest BCUT2D eigenvalue weighted by atomic mass is 35.5. The molecule has 4 aromatic rings. The van der Waals surface area contributed by atoms with Crippen molar-refractivity contribution in [2.75, 3.05) is 16.4 Å². The van der Waals surface area contributed by atoms with Gasteiger partial charge >= 0.3 is 0 Å². The second-order valence-corrected chi connectivity index (χ2v) is 11.0. The number of nitrogens with zero attached hydrogens (tertiary/aromatic N) is 1. The fraction of sp³-hybridized carbons (Fsp3) is 0.0645. The Labute approximate surface area is 261 Å². The number of thioether (sulfide) groups is 1. The highest BCUT2D eigenvalue weighted by Crippen LogP contribution is 2.25. The fourth-order valence-electron chi connectivity index (χ4n) is 3.74. The normalized spacial score (nSPS) is 11.0. The molecule has 0 radical (unpaired) electrons. The first kappa shape index (κ1) is 31.3. The molecular weight excluding hydrogens is 611 g/mol. The lowest BCUT2D eigenvalue weighted by Crippen LogP contribution is -2.30. The van der Waals surface area contributed by atoms with Crippen molar-refractivity contribution in [2.45, 2.75) is 11.8 Å². The van der Waals surface area contributed by atoms with Gasteiger partial charge in [0.05, 0.1) is 16.4 Å². The number of carbonyl (C=O) groups excluding carboxylic acids is 3. The number of amides is 3. The summed E-state index contributed by atoms with van der Waals surface area (Å²) in [5.41, 5.74) is 2.24. The van der Waals surface area contributed by atoms with Crippen LogP contribution in [0.3, 0.4) is 0 Å². The van der Waals surface area contributed by atoms with E-state index in [0.29, 0.717) is 38.1 Å². The number of halogens is 2. The van der Waals surface area contributed by atoms with Crippen LogP contribution in [0.2, 0.25) is 10.0 Å². The largest absolute Gasteiger partial charge is 0.325 e. The van der Waals surface area contributed by atoms with Crippen molar-refractivity contribution < 1.29 is 19.3 Å². The third kappa shape index (κ3) is 8.92. The third-order valence-electron chi connectivity index (χ3n) is 5.98. The maximum absolute atomic E-state index is 13.3. The van der Waals surface area contributed by atoms with Gasteiger partial charge in [-0.2, -0.15) is 0 Å². The number of rotatable bonds is 10. The van der Waals surface area contributed by atoms with Crippen molar-refractivity contribution in [1.82, 2.24) is 5.32 Å². The molecule has 0 atom stereocenters. The predicted molar refractivity (Wildman–Crippen MR) is 171 cm³/mol. The summed E-state index contributed by atoms with van der Waals surface area (Å²) in [4.78, 5) is 49.9. The molecule has 43 heavy (non-hydrogen) atoms. The third-order valence-corrected chi connectivity index (χ3v) is 7.55. The molecule has 4 aromatic carbocycles. The van der Waals surface area contributed by atoms with Crippen LogP contribution in [-0.2, 0) is 9.59 Å². The SMILES string of the molecule is Cc1ccc([N+](=O)[O-])cc1NC(=O)CSc1ccc(NC(=O)/C(=C/c2ccc(Cl)cc2Cl)NC(=O)c2ccccc2)cc1. The molecule has 4 rings (SSSR count). The quantitative estimate of drug-likeness (QED) is 0.0723. The number of non-ortho nitro benzene ring substituents is 1. The van der Waals surface area contributed by atoms with Crippen LogP contribution < -0.4 is 16.0 Å². The van der Waals surface area contributed by atoms with Gasteiger partial charge in [-0.1, -0.05) is 53.5 Å². The minimum absolute atomic E-state index is 0.0374. The smallest absolute Gasteiger partial charge is 0.272 e. The van der Waals surface area contributed by atoms with Crippen LogP contribution in [0.4, 0.5) is 17.1 Å². The lowest BCUT2D eigenvalue weighted by Gasteiger charge is -2.12. The predicted octanol–water partition coefficient (Wildman–Crippen LogP) is 7.35. The second-order valence-electron chi connectivity index (χ2n) is 9.12. The van der Waals surface area contributed by atoms with Crippen molar-refractivity contribution in [3.8, 4) is 0 Å². The van der Waals surface area contributed by atoms with Crippen molar-refractivity contribution in [3.05, 3.63) is 134 Å². The molecule has 0 saturated carbocycles. The average molecular weight is 636 g/mol. The average Bonchev–Trinajstić information content (AvgIpc) is 2.99. The number of nitrogens with one attached hydrogen (secondary N) is 3. The Bertz CT molecular complexity index is 1710. The van der Waals surface area contributed by atoms with Gasteiger partial charge in [-0.25, -0.2) is 0 Å². The van der Waals surface area contributed by atoms with E-state index in [1.54, 1.807) is 79.7 Å². The summed E-state index contributed by atoms with van der Waals surface area (Å²) in [5, 5.41) is 19.9. The number of aryl methyl sites for hydroxylation is 1. The molecule has 0 saturated heterocycles. The number of hydrogen-bond donors (Lipinski definition) is 3. The fourth-order valence-corrected chi connectivity index (χ4v) is 4.90. The van der Waals surface area contributed by atoms with Gasteiger partial charge in [0, 0.05) is 38.3 Å². The number of carbonyl (C=O) groups is 3. The maximum Gasteiger partial charge on any atom is 0.272 e. The zero-order valence-corrected chi connectivity index (χ0v) is 24.9. The summed E-state index contributed by atoms with van der Waals surface area (Å²) in [5.74, 6) is -1.32. The molecule has 3 amide bonds. The van der Waals surface area contributed by atoms with E-state index in [-0.39, 0.29) is 23.0 Å². The van der Waals surface area contributed by atoms with E-state index in [1.807, 2.05) is 0 Å². The molecule has 0 heterocycles. The molecule has 9 nitrogen and oxygen atoms in total. The van der Waals surface area contributed by atoms with Crippen LogP contribution in [0, 0.1) is 17.0 Å². The molecule has 218 valence electrons. The zero-order chi connectivity index (χ0) is 30.9. The Morgan fingerprint density at radius 2 is 1.63 bits per heavy atom. The van der Waals surface area contributed by atoms with Gasteiger partial charge < -0.3 is 16.0 Å². The lowest BCUT2D eigenvalue weighted by molar-refractivity contribution is -0.384. The number of anilines is 2. The summed E-state index contributed by atoms with van der Waals surface area (Å²) in [6.45, 7) is 1.75. The van der Waals surface area contributed by atoms with Gasteiger partial charge in [0.25, 0.3) is 17.5 Å². The molecule has 12 heteroatoms. The minimum Gasteiger partial charge on any atom is -0.325 e. The molecule has 0 aliphatic rings. The van der Waals surface area contributed by atoms with Crippen LogP contribution in [0.25, 0.3) is 6.08 Å². The summed E-state index contributed by atoms with van der Waals surface area (Å²) >= 11 is 13.6. The van der Waals surface area contributed by atoms with Crippen molar-refractivity contribution in [2.24, 2.45) is 0 Å². The molecule has 0 unspecified atom stereocenters. The Kier molecular flexibility index (Phi) is 10.6. The zero-order valence-electron chi connectivity index (χ0n) is 22.6. The molecule has 0 aliphatic heterocycles. The van der Waals surface area contributed by atoms with Crippen molar-refractivity contribution in [1.29, 1.82) is 0 Å². The summed E-state index contributed by atoms with van der Waals surface area (Å²) < 4.78 is 0. The van der Waals surface area contributed by atoms with Crippen LogP contribution in [-0.4, -0.2) is 28.4 Å². The van der Waals surface area contributed by atoms with Crippen LogP contribution in [0.5, 0.6) is 0 Å². The summed E-state index contributed by atoms with van der Waals surface area (Å²) in [6.07, 6.45) is 1.46. The Hall–Kier alpha value is -4.64. The maximum atomic E-state index is 13.3. The highest BCUT2D eigenvalue weighted by molar-refractivity contribution is 8.00. The first-order valence-electron chi connectivity index (χ1n) is 12.7. The minimum atomic E-state index is -0.581. The number of nitro groups is 1. The second kappa shape index (κ2) is 14.5. The number of hydrogen-bond acceptors (Lipinski definition) is 6. The molecule has 0 bridgehead atoms. The highest BCUT2D eigenvalue weighted by Gasteiger charge is 2.16. The molecular formula is C31H24Cl2N4O5S. The Balaban J connectivity index is 1.42. The molecule has 0 aliphatic carbocycles. The van der Waals surface area contributed by atoms with Gasteiger partial charge in [0.15, 0.2) is 0 Å². The van der Waals surface area contributed by atoms with E-state index in [0.717, 1.165) is 4.90 Å². The van der Waals surface area contributed by atoms with Crippen LogP contribution in [0.1, 0.15) is 21.5 Å². The van der Waals surface area contributed by atoms with E-state index >= 15 is 0 Å². The van der Waals surface area contributed by atoms with E-state index < -0.39 is 16.7 Å². The molecule has 0 spiro atoms. The Morgan fingerprint density at radius 1 is 0.907 bits per heavy atom. The standard InChI is InChI=1S/C31H24Cl2N4O5S/c1-19-7-12-24(37(41)42)17-27(19)35-29(38)18-43-25-13-10-23(11-14-25)34-31(40)28(15-21-8-9-22(32)16-26(21)33)36-30(39)20-5-3-2-4-6-20/h2-17H,18H2,1H3,(H,34,40)(H,35,38)(H,36,39)/b28-15-. The van der Waals surface area contributed by atoms with Gasteiger partial charge in [0.1, 0.15) is 5.70 Å². The van der Waals surface area contributed by atoms with Crippen LogP contribution in [0.15, 0.2) is 102 Å². The summed E-state index contributed by atoms with van der Waals surface area (Å²) in [7, 11) is 0. The Morgan fingerprint density at radius 3 is 2.30 bits per heavy atom. The van der Waals surface area contributed by atoms with E-state index in [1.165, 1.54) is 36.0 Å². The first-order chi connectivity index (χ1) is 20.6. The van der Waals surface area contributed by atoms with Crippen molar-refractivity contribution >= 4 is 75.8 Å². The lowest BCUT2D eigenvalue weighted by atomic mass is 10.1. The number of benzene rings is 4. The molecule has 3 N–H and O–H groups in total. The van der Waals surface area contributed by atoms with Gasteiger partial charge in [-0.15, -0.1) is 11.8 Å². The van der Waals surface area contributed by atoms with E-state index in [2.05, 4.69) is 16.0 Å². The number of nitro benzene ring substituents is 1. The van der Waals surface area contributed by atoms with Gasteiger partial charge in [-0.3, -0.25) is 24.5 Å². The van der Waals surface area contributed by atoms with Crippen LogP contribution >= 0.6 is 35.0 Å². The van der Waals surface area contributed by atoms with Gasteiger partial charge in [0.2, 0.25) is 5.91 Å². The molecule has 0 aromatic heterocycles. The van der Waals surface area contributed by atoms with Crippen molar-refractivity contribution in [3.63, 3.8) is 0 Å². The van der Waals surface area contributed by atoms with E-state index in [9.17, 15) is 24.5 Å². The first-order valence-corrected chi connectivity index (χ1v) is 14.5. The van der Waals surface area contributed by atoms with E-state index in [4.69, 9.17) is 23.2 Å². The topological polar surface area (TPSA) is 130 Å². The summed E-state index contributed by atoms with van der Waals surface area (Å²) in [6, 6.07) is 24.3. The molecule has 0 fully saturated rings.